The summed E-state index contributed by atoms with van der Waals surface area (Å²) in [5.74, 6) is -1.35. The molecule has 2 N–H and O–H groups in total. The van der Waals surface area contributed by atoms with Crippen molar-refractivity contribution in [2.75, 3.05) is 0 Å². The molecule has 0 aliphatic heterocycles. The first kappa shape index (κ1) is 15.4. The lowest BCUT2D eigenvalue weighted by Crippen LogP contribution is -2.44. The number of rotatable bonds is 4. The lowest BCUT2D eigenvalue weighted by Gasteiger charge is -2.08. The van der Waals surface area contributed by atoms with E-state index in [1.165, 1.54) is 41.1 Å². The Morgan fingerprint density at radius 3 is 2.36 bits per heavy atom. The van der Waals surface area contributed by atoms with Crippen LogP contribution in [0.1, 0.15) is 5.56 Å². The van der Waals surface area contributed by atoms with Crippen molar-refractivity contribution in [3.8, 4) is 0 Å². The van der Waals surface area contributed by atoms with Crippen LogP contribution in [0.4, 0.5) is 4.39 Å². The fourth-order valence-electron chi connectivity index (χ4n) is 1.76. The first-order valence-corrected chi connectivity index (χ1v) is 6.52. The Morgan fingerprint density at radius 2 is 1.68 bits per heavy atom. The largest absolute Gasteiger partial charge is 0.306 e. The summed E-state index contributed by atoms with van der Waals surface area (Å²) < 4.78 is 13.9. The molecule has 0 aliphatic carbocycles. The van der Waals surface area contributed by atoms with E-state index < -0.39 is 11.8 Å². The molecule has 0 aliphatic rings. The SMILES string of the molecule is O=C(Cc1ccc(F)cc1)NNC(=O)Cn1ccccc1=O. The third-order valence-electron chi connectivity index (χ3n) is 2.83. The number of amides is 2. The molecule has 0 fully saturated rings. The van der Waals surface area contributed by atoms with Crippen LogP contribution in [0.2, 0.25) is 0 Å². The van der Waals surface area contributed by atoms with Gasteiger partial charge >= 0.3 is 0 Å². The van der Waals surface area contributed by atoms with Crippen molar-refractivity contribution < 1.29 is 14.0 Å². The standard InChI is InChI=1S/C15H14FN3O3/c16-12-6-4-11(5-7-12)9-13(20)17-18-14(21)10-19-8-2-1-3-15(19)22/h1-8H,9-10H2,(H,17,20)(H,18,21). The van der Waals surface area contributed by atoms with Crippen LogP contribution in [-0.2, 0) is 22.6 Å². The summed E-state index contributed by atoms with van der Waals surface area (Å²) in [4.78, 5) is 34.7. The van der Waals surface area contributed by atoms with E-state index in [4.69, 9.17) is 0 Å². The van der Waals surface area contributed by atoms with Gasteiger partial charge in [0.05, 0.1) is 6.42 Å². The minimum atomic E-state index is -0.527. The molecule has 0 saturated heterocycles. The summed E-state index contributed by atoms with van der Waals surface area (Å²) in [7, 11) is 0. The number of halogens is 1. The molecule has 7 heteroatoms. The Morgan fingerprint density at radius 1 is 1.00 bits per heavy atom. The number of carbonyl (C=O) groups excluding carboxylic acids is 2. The fraction of sp³-hybridized carbons (Fsp3) is 0.133. The van der Waals surface area contributed by atoms with Crippen molar-refractivity contribution in [2.24, 2.45) is 0 Å². The van der Waals surface area contributed by atoms with Gasteiger partial charge in [-0.25, -0.2) is 4.39 Å². The van der Waals surface area contributed by atoms with Crippen LogP contribution in [0.25, 0.3) is 0 Å². The quantitative estimate of drug-likeness (QED) is 0.801. The molecule has 0 atom stereocenters. The Balaban J connectivity index is 1.81. The van der Waals surface area contributed by atoms with Crippen molar-refractivity contribution in [3.63, 3.8) is 0 Å². The van der Waals surface area contributed by atoms with Crippen molar-refractivity contribution in [3.05, 3.63) is 70.4 Å². The maximum Gasteiger partial charge on any atom is 0.258 e. The van der Waals surface area contributed by atoms with E-state index in [2.05, 4.69) is 10.9 Å². The van der Waals surface area contributed by atoms with Crippen LogP contribution >= 0.6 is 0 Å². The zero-order valence-electron chi connectivity index (χ0n) is 11.6. The van der Waals surface area contributed by atoms with E-state index in [0.29, 0.717) is 5.56 Å². The summed E-state index contributed by atoms with van der Waals surface area (Å²) in [5.41, 5.74) is 4.76. The Bertz CT molecular complexity index is 725. The highest BCUT2D eigenvalue weighted by atomic mass is 19.1. The van der Waals surface area contributed by atoms with E-state index in [-0.39, 0.29) is 24.3 Å². The van der Waals surface area contributed by atoms with E-state index >= 15 is 0 Å². The third kappa shape index (κ3) is 4.55. The lowest BCUT2D eigenvalue weighted by molar-refractivity contribution is -0.128. The van der Waals surface area contributed by atoms with Crippen LogP contribution in [0.3, 0.4) is 0 Å². The van der Waals surface area contributed by atoms with E-state index in [9.17, 15) is 18.8 Å². The van der Waals surface area contributed by atoms with Crippen molar-refractivity contribution in [1.29, 1.82) is 0 Å². The molecule has 0 radical (unpaired) electrons. The lowest BCUT2D eigenvalue weighted by atomic mass is 10.1. The van der Waals surface area contributed by atoms with Crippen LogP contribution in [0, 0.1) is 5.82 Å². The molecule has 2 rings (SSSR count). The third-order valence-corrected chi connectivity index (χ3v) is 2.83. The molecule has 1 heterocycles. The molecule has 2 amide bonds. The first-order chi connectivity index (χ1) is 10.5. The van der Waals surface area contributed by atoms with Gasteiger partial charge in [0.25, 0.3) is 11.5 Å². The molecule has 1 aromatic carbocycles. The maximum atomic E-state index is 12.7. The second-order valence-electron chi connectivity index (χ2n) is 4.57. The van der Waals surface area contributed by atoms with E-state index in [1.807, 2.05) is 0 Å². The molecule has 0 saturated carbocycles. The summed E-state index contributed by atoms with van der Waals surface area (Å²) in [6, 6.07) is 10.0. The van der Waals surface area contributed by atoms with Gasteiger partial charge in [-0.3, -0.25) is 25.2 Å². The molecular formula is C15H14FN3O3. The number of nitrogens with zero attached hydrogens (tertiary/aromatic N) is 1. The number of hydrazine groups is 1. The summed E-state index contributed by atoms with van der Waals surface area (Å²) in [6.07, 6.45) is 1.48. The van der Waals surface area contributed by atoms with Crippen LogP contribution in [0.15, 0.2) is 53.5 Å². The molecule has 0 bridgehead atoms. The Labute approximate surface area is 125 Å². The van der Waals surface area contributed by atoms with Crippen LogP contribution in [-0.4, -0.2) is 16.4 Å². The second kappa shape index (κ2) is 7.16. The fourth-order valence-corrected chi connectivity index (χ4v) is 1.76. The monoisotopic (exact) mass is 303 g/mol. The Kier molecular flexibility index (Phi) is 5.02. The highest BCUT2D eigenvalue weighted by Gasteiger charge is 2.07. The van der Waals surface area contributed by atoms with Gasteiger partial charge in [0.1, 0.15) is 12.4 Å². The summed E-state index contributed by atoms with van der Waals surface area (Å²) >= 11 is 0. The van der Waals surface area contributed by atoms with Crippen LogP contribution in [0.5, 0.6) is 0 Å². The Hall–Kier alpha value is -2.96. The topological polar surface area (TPSA) is 80.2 Å². The van der Waals surface area contributed by atoms with Gasteiger partial charge in [0.2, 0.25) is 5.91 Å². The summed E-state index contributed by atoms with van der Waals surface area (Å²) in [5, 5.41) is 0. The highest BCUT2D eigenvalue weighted by Crippen LogP contribution is 2.02. The van der Waals surface area contributed by atoms with E-state index in [1.54, 1.807) is 12.1 Å². The number of benzene rings is 1. The number of pyridine rings is 1. The average molecular weight is 303 g/mol. The maximum absolute atomic E-state index is 12.7. The van der Waals surface area contributed by atoms with Crippen molar-refractivity contribution >= 4 is 11.8 Å². The highest BCUT2D eigenvalue weighted by molar-refractivity contribution is 5.83. The van der Waals surface area contributed by atoms with Gasteiger partial charge < -0.3 is 4.57 Å². The average Bonchev–Trinajstić information content (AvgIpc) is 2.50. The first-order valence-electron chi connectivity index (χ1n) is 6.52. The number of hydrogen-bond acceptors (Lipinski definition) is 3. The van der Waals surface area contributed by atoms with Gasteiger partial charge in [-0.15, -0.1) is 0 Å². The molecule has 1 aromatic heterocycles. The van der Waals surface area contributed by atoms with Gasteiger partial charge in [0.15, 0.2) is 0 Å². The molecule has 2 aromatic rings. The molecule has 0 spiro atoms. The van der Waals surface area contributed by atoms with Gasteiger partial charge in [0, 0.05) is 12.3 Å². The molecule has 0 unspecified atom stereocenters. The number of hydrogen-bond donors (Lipinski definition) is 2. The normalized spacial score (nSPS) is 10.0. The molecule has 114 valence electrons. The molecule has 22 heavy (non-hydrogen) atoms. The van der Waals surface area contributed by atoms with Crippen LogP contribution < -0.4 is 16.4 Å². The van der Waals surface area contributed by atoms with Crippen molar-refractivity contribution in [2.45, 2.75) is 13.0 Å². The van der Waals surface area contributed by atoms with Gasteiger partial charge in [-0.05, 0) is 23.8 Å². The molecule has 6 nitrogen and oxygen atoms in total. The zero-order valence-corrected chi connectivity index (χ0v) is 11.6. The number of nitrogens with one attached hydrogen (secondary N) is 2. The number of aromatic nitrogens is 1. The van der Waals surface area contributed by atoms with Crippen molar-refractivity contribution in [1.82, 2.24) is 15.4 Å². The van der Waals surface area contributed by atoms with E-state index in [0.717, 1.165) is 0 Å². The zero-order chi connectivity index (χ0) is 15.9. The predicted molar refractivity (Wildman–Crippen MR) is 77.1 cm³/mol. The number of carbonyl (C=O) groups is 2. The summed E-state index contributed by atoms with van der Waals surface area (Å²) in [6.45, 7) is -0.198. The van der Waals surface area contributed by atoms with Gasteiger partial charge in [-0.2, -0.15) is 0 Å². The minimum absolute atomic E-state index is 0.00580. The predicted octanol–water partition coefficient (Wildman–Crippen LogP) is 0.377. The second-order valence-corrected chi connectivity index (χ2v) is 4.57. The molecular weight excluding hydrogens is 289 g/mol. The van der Waals surface area contributed by atoms with Gasteiger partial charge in [-0.1, -0.05) is 18.2 Å². The minimum Gasteiger partial charge on any atom is -0.306 e. The smallest absolute Gasteiger partial charge is 0.258 e.